The molecule has 2 rings (SSSR count). The molecular formula is C17H29N3. The Kier molecular flexibility index (Phi) is 5.41. The highest BCUT2D eigenvalue weighted by Crippen LogP contribution is 2.32. The molecule has 1 fully saturated rings. The SMILES string of the molecule is CCN(CC1CC1)c1cc(C)ncc1CNCC(C)C. The smallest absolute Gasteiger partial charge is 0.0445 e. The van der Waals surface area contributed by atoms with Crippen molar-refractivity contribution in [1.29, 1.82) is 0 Å². The molecule has 1 heterocycles. The Balaban J connectivity index is 2.08. The Hall–Kier alpha value is -1.09. The molecule has 0 saturated heterocycles. The van der Waals surface area contributed by atoms with Crippen molar-refractivity contribution < 1.29 is 0 Å². The molecule has 3 nitrogen and oxygen atoms in total. The molecule has 1 saturated carbocycles. The van der Waals surface area contributed by atoms with Crippen molar-refractivity contribution in [1.82, 2.24) is 10.3 Å². The van der Waals surface area contributed by atoms with Crippen LogP contribution in [-0.2, 0) is 6.54 Å². The molecule has 1 aromatic rings. The van der Waals surface area contributed by atoms with E-state index in [0.717, 1.165) is 31.2 Å². The highest BCUT2D eigenvalue weighted by atomic mass is 15.1. The van der Waals surface area contributed by atoms with E-state index < -0.39 is 0 Å². The number of anilines is 1. The Morgan fingerprint density at radius 1 is 1.40 bits per heavy atom. The molecule has 0 spiro atoms. The highest BCUT2D eigenvalue weighted by molar-refractivity contribution is 5.53. The molecule has 112 valence electrons. The Morgan fingerprint density at radius 3 is 2.75 bits per heavy atom. The van der Waals surface area contributed by atoms with Gasteiger partial charge in [-0.3, -0.25) is 4.98 Å². The fourth-order valence-electron chi connectivity index (χ4n) is 2.51. The molecule has 1 aliphatic carbocycles. The second kappa shape index (κ2) is 7.07. The van der Waals surface area contributed by atoms with Gasteiger partial charge in [-0.25, -0.2) is 0 Å². The van der Waals surface area contributed by atoms with Crippen LogP contribution in [0.1, 0.15) is 44.9 Å². The predicted octanol–water partition coefficient (Wildman–Crippen LogP) is 3.37. The van der Waals surface area contributed by atoms with E-state index >= 15 is 0 Å². The zero-order chi connectivity index (χ0) is 14.5. The third-order valence-electron chi connectivity index (χ3n) is 3.86. The third kappa shape index (κ3) is 4.48. The van der Waals surface area contributed by atoms with Gasteiger partial charge in [-0.05, 0) is 51.1 Å². The summed E-state index contributed by atoms with van der Waals surface area (Å²) in [7, 11) is 0. The summed E-state index contributed by atoms with van der Waals surface area (Å²) in [5.41, 5.74) is 3.82. The first-order valence-corrected chi connectivity index (χ1v) is 8.01. The van der Waals surface area contributed by atoms with Crippen LogP contribution in [0.25, 0.3) is 0 Å². The number of nitrogens with one attached hydrogen (secondary N) is 1. The largest absolute Gasteiger partial charge is 0.371 e. The summed E-state index contributed by atoms with van der Waals surface area (Å²) in [5.74, 6) is 1.60. The second-order valence-electron chi connectivity index (χ2n) is 6.46. The van der Waals surface area contributed by atoms with E-state index in [4.69, 9.17) is 0 Å². The van der Waals surface area contributed by atoms with E-state index in [1.807, 2.05) is 6.20 Å². The van der Waals surface area contributed by atoms with Gasteiger partial charge in [-0.15, -0.1) is 0 Å². The van der Waals surface area contributed by atoms with Gasteiger partial charge in [0, 0.05) is 42.8 Å². The molecule has 3 heteroatoms. The molecular weight excluding hydrogens is 246 g/mol. The molecule has 1 aromatic heterocycles. The summed E-state index contributed by atoms with van der Waals surface area (Å²) in [6.45, 7) is 13.1. The van der Waals surface area contributed by atoms with Crippen molar-refractivity contribution in [2.24, 2.45) is 11.8 Å². The quantitative estimate of drug-likeness (QED) is 0.788. The number of hydrogen-bond acceptors (Lipinski definition) is 3. The van der Waals surface area contributed by atoms with Crippen LogP contribution in [0, 0.1) is 18.8 Å². The van der Waals surface area contributed by atoms with Gasteiger partial charge in [0.2, 0.25) is 0 Å². The minimum Gasteiger partial charge on any atom is -0.371 e. The number of aromatic nitrogens is 1. The van der Waals surface area contributed by atoms with Crippen molar-refractivity contribution >= 4 is 5.69 Å². The van der Waals surface area contributed by atoms with E-state index in [9.17, 15) is 0 Å². The second-order valence-corrected chi connectivity index (χ2v) is 6.46. The van der Waals surface area contributed by atoms with Crippen LogP contribution in [0.2, 0.25) is 0 Å². The molecule has 20 heavy (non-hydrogen) atoms. The molecule has 0 atom stereocenters. The first kappa shape index (κ1) is 15.3. The van der Waals surface area contributed by atoms with Crippen LogP contribution >= 0.6 is 0 Å². The van der Waals surface area contributed by atoms with Gasteiger partial charge in [0.1, 0.15) is 0 Å². The summed E-state index contributed by atoms with van der Waals surface area (Å²) < 4.78 is 0. The van der Waals surface area contributed by atoms with Crippen molar-refractivity contribution in [2.45, 2.75) is 47.1 Å². The maximum Gasteiger partial charge on any atom is 0.0445 e. The monoisotopic (exact) mass is 275 g/mol. The van der Waals surface area contributed by atoms with Gasteiger partial charge in [0.05, 0.1) is 0 Å². The average Bonchev–Trinajstić information content (AvgIpc) is 3.21. The number of aryl methyl sites for hydroxylation is 1. The van der Waals surface area contributed by atoms with Crippen LogP contribution in [0.4, 0.5) is 5.69 Å². The van der Waals surface area contributed by atoms with E-state index in [0.29, 0.717) is 5.92 Å². The molecule has 0 unspecified atom stereocenters. The average molecular weight is 275 g/mol. The molecule has 0 radical (unpaired) electrons. The van der Waals surface area contributed by atoms with E-state index in [1.165, 1.54) is 30.6 Å². The van der Waals surface area contributed by atoms with Crippen LogP contribution < -0.4 is 10.2 Å². The van der Waals surface area contributed by atoms with Crippen molar-refractivity contribution in [3.8, 4) is 0 Å². The topological polar surface area (TPSA) is 28.2 Å². The molecule has 0 aromatic carbocycles. The van der Waals surface area contributed by atoms with Gasteiger partial charge < -0.3 is 10.2 Å². The lowest BCUT2D eigenvalue weighted by Crippen LogP contribution is -2.28. The van der Waals surface area contributed by atoms with Crippen LogP contribution in [0.15, 0.2) is 12.3 Å². The fraction of sp³-hybridized carbons (Fsp3) is 0.706. The lowest BCUT2D eigenvalue weighted by atomic mass is 10.1. The summed E-state index contributed by atoms with van der Waals surface area (Å²) in [6, 6.07) is 2.25. The first-order chi connectivity index (χ1) is 9.60. The zero-order valence-electron chi connectivity index (χ0n) is 13.4. The molecule has 0 aliphatic heterocycles. The molecule has 0 amide bonds. The molecule has 1 N–H and O–H groups in total. The maximum absolute atomic E-state index is 4.48. The van der Waals surface area contributed by atoms with E-state index in [-0.39, 0.29) is 0 Å². The normalized spacial score (nSPS) is 14.8. The summed E-state index contributed by atoms with van der Waals surface area (Å²) >= 11 is 0. The van der Waals surface area contributed by atoms with E-state index in [1.54, 1.807) is 0 Å². The van der Waals surface area contributed by atoms with Gasteiger partial charge in [-0.2, -0.15) is 0 Å². The van der Waals surface area contributed by atoms with Crippen LogP contribution in [-0.4, -0.2) is 24.6 Å². The number of rotatable bonds is 8. The number of nitrogens with zero attached hydrogens (tertiary/aromatic N) is 2. The lowest BCUT2D eigenvalue weighted by Gasteiger charge is -2.26. The Morgan fingerprint density at radius 2 is 2.15 bits per heavy atom. The third-order valence-corrected chi connectivity index (χ3v) is 3.86. The molecule has 0 bridgehead atoms. The number of hydrogen-bond donors (Lipinski definition) is 1. The molecule has 1 aliphatic rings. The minimum absolute atomic E-state index is 0.686. The maximum atomic E-state index is 4.48. The van der Waals surface area contributed by atoms with Crippen LogP contribution in [0.3, 0.4) is 0 Å². The highest BCUT2D eigenvalue weighted by Gasteiger charge is 2.24. The van der Waals surface area contributed by atoms with Crippen molar-refractivity contribution in [2.75, 3.05) is 24.5 Å². The van der Waals surface area contributed by atoms with Crippen molar-refractivity contribution in [3.63, 3.8) is 0 Å². The number of pyridine rings is 1. The van der Waals surface area contributed by atoms with Crippen molar-refractivity contribution in [3.05, 3.63) is 23.5 Å². The van der Waals surface area contributed by atoms with Gasteiger partial charge in [0.15, 0.2) is 0 Å². The van der Waals surface area contributed by atoms with Gasteiger partial charge in [0.25, 0.3) is 0 Å². The van der Waals surface area contributed by atoms with Gasteiger partial charge >= 0.3 is 0 Å². The predicted molar refractivity (Wildman–Crippen MR) is 86.1 cm³/mol. The van der Waals surface area contributed by atoms with E-state index in [2.05, 4.69) is 49.0 Å². The zero-order valence-corrected chi connectivity index (χ0v) is 13.4. The first-order valence-electron chi connectivity index (χ1n) is 8.01. The summed E-state index contributed by atoms with van der Waals surface area (Å²) in [5, 5.41) is 3.54. The minimum atomic E-state index is 0.686. The van der Waals surface area contributed by atoms with Gasteiger partial charge in [-0.1, -0.05) is 13.8 Å². The Bertz CT molecular complexity index is 424. The van der Waals surface area contributed by atoms with Crippen LogP contribution in [0.5, 0.6) is 0 Å². The standard InChI is InChI=1S/C17H29N3/c1-5-20(12-15-6-7-15)17-8-14(4)19-11-16(17)10-18-9-13(2)3/h8,11,13,15,18H,5-7,9-10,12H2,1-4H3. The Labute approximate surface area is 123 Å². The summed E-state index contributed by atoms with van der Waals surface area (Å²) in [6.07, 6.45) is 4.86. The lowest BCUT2D eigenvalue weighted by molar-refractivity contribution is 0.551. The summed E-state index contributed by atoms with van der Waals surface area (Å²) in [4.78, 5) is 7.01. The fourth-order valence-corrected chi connectivity index (χ4v) is 2.51.